The fourth-order valence-electron chi connectivity index (χ4n) is 1.44. The molecule has 1 amide bonds. The van der Waals surface area contributed by atoms with Crippen molar-refractivity contribution in [2.75, 3.05) is 13.2 Å². The highest BCUT2D eigenvalue weighted by Gasteiger charge is 2.30. The molecule has 13 heavy (non-hydrogen) atoms. The number of carboxylic acid groups (broad SMARTS) is 1. The lowest BCUT2D eigenvalue weighted by atomic mass is 10.2. The van der Waals surface area contributed by atoms with Crippen LogP contribution in [0.4, 0.5) is 4.79 Å². The average molecular weight is 186 g/mol. The monoisotopic (exact) mass is 186 g/mol. The fraction of sp³-hybridized carbons (Fsp3) is 0.750. The van der Waals surface area contributed by atoms with Gasteiger partial charge in [0.05, 0.1) is 18.6 Å². The van der Waals surface area contributed by atoms with Crippen molar-refractivity contribution in [3.8, 4) is 0 Å². The van der Waals surface area contributed by atoms with Gasteiger partial charge in [0, 0.05) is 6.54 Å². The Morgan fingerprint density at radius 3 is 2.85 bits per heavy atom. The summed E-state index contributed by atoms with van der Waals surface area (Å²) in [5.74, 6) is -1.20. The minimum Gasteiger partial charge on any atom is -0.548 e. The number of rotatable bonds is 2. The van der Waals surface area contributed by atoms with Crippen LogP contribution in [0.3, 0.4) is 0 Å². The Balaban J connectivity index is 2.57. The first-order valence-corrected chi connectivity index (χ1v) is 4.31. The van der Waals surface area contributed by atoms with Gasteiger partial charge in [0.15, 0.2) is 0 Å². The Morgan fingerprint density at radius 1 is 1.62 bits per heavy atom. The van der Waals surface area contributed by atoms with Crippen molar-refractivity contribution in [3.63, 3.8) is 0 Å². The summed E-state index contributed by atoms with van der Waals surface area (Å²) >= 11 is 0. The molecule has 0 radical (unpaired) electrons. The van der Waals surface area contributed by atoms with Gasteiger partial charge in [0.2, 0.25) is 0 Å². The number of ether oxygens (including phenoxy) is 1. The first-order valence-electron chi connectivity index (χ1n) is 4.31. The van der Waals surface area contributed by atoms with Crippen LogP contribution in [-0.4, -0.2) is 36.2 Å². The van der Waals surface area contributed by atoms with E-state index >= 15 is 0 Å². The van der Waals surface area contributed by atoms with Gasteiger partial charge in [-0.05, 0) is 19.8 Å². The van der Waals surface area contributed by atoms with Crippen molar-refractivity contribution in [2.24, 2.45) is 0 Å². The fourth-order valence-corrected chi connectivity index (χ4v) is 1.44. The lowest BCUT2D eigenvalue weighted by Crippen LogP contribution is -2.47. The lowest BCUT2D eigenvalue weighted by Gasteiger charge is -2.24. The second kappa shape index (κ2) is 4.11. The summed E-state index contributed by atoms with van der Waals surface area (Å²) in [4.78, 5) is 22.9. The molecule has 5 nitrogen and oxygen atoms in total. The summed E-state index contributed by atoms with van der Waals surface area (Å²) in [6.45, 7) is 2.38. The Morgan fingerprint density at radius 2 is 2.31 bits per heavy atom. The van der Waals surface area contributed by atoms with E-state index in [1.165, 1.54) is 4.90 Å². The summed E-state index contributed by atoms with van der Waals surface area (Å²) in [7, 11) is 0. The molecule has 0 aromatic rings. The Hall–Kier alpha value is -1.26. The average Bonchev–Trinajstić information content (AvgIpc) is 2.52. The Labute approximate surface area is 76.3 Å². The molecule has 1 aliphatic rings. The highest BCUT2D eigenvalue weighted by Crippen LogP contribution is 2.17. The largest absolute Gasteiger partial charge is 0.548 e. The lowest BCUT2D eigenvalue weighted by molar-refractivity contribution is -0.310. The zero-order valence-electron chi connectivity index (χ0n) is 7.49. The number of hydrogen-bond acceptors (Lipinski definition) is 4. The molecule has 0 aromatic heterocycles. The van der Waals surface area contributed by atoms with Crippen molar-refractivity contribution < 1.29 is 19.4 Å². The highest BCUT2D eigenvalue weighted by molar-refractivity contribution is 5.79. The molecule has 0 bridgehead atoms. The van der Waals surface area contributed by atoms with Crippen molar-refractivity contribution in [3.05, 3.63) is 0 Å². The van der Waals surface area contributed by atoms with Gasteiger partial charge in [-0.2, -0.15) is 0 Å². The van der Waals surface area contributed by atoms with E-state index in [4.69, 9.17) is 4.74 Å². The topological polar surface area (TPSA) is 69.7 Å². The second-order valence-corrected chi connectivity index (χ2v) is 2.87. The molecule has 0 aliphatic carbocycles. The summed E-state index contributed by atoms with van der Waals surface area (Å²) in [5.41, 5.74) is 0. The van der Waals surface area contributed by atoms with Gasteiger partial charge in [0.1, 0.15) is 0 Å². The molecule has 1 rings (SSSR count). The van der Waals surface area contributed by atoms with Gasteiger partial charge in [-0.25, -0.2) is 4.79 Å². The van der Waals surface area contributed by atoms with Gasteiger partial charge >= 0.3 is 6.09 Å². The van der Waals surface area contributed by atoms with E-state index in [0.717, 1.165) is 0 Å². The Bertz CT molecular complexity index is 216. The maximum absolute atomic E-state index is 11.2. The Kier molecular flexibility index (Phi) is 3.11. The highest BCUT2D eigenvalue weighted by atomic mass is 16.6. The van der Waals surface area contributed by atoms with Gasteiger partial charge in [-0.3, -0.25) is 4.90 Å². The summed E-state index contributed by atoms with van der Waals surface area (Å²) < 4.78 is 4.70. The van der Waals surface area contributed by atoms with Crippen molar-refractivity contribution in [1.82, 2.24) is 4.90 Å². The van der Waals surface area contributed by atoms with Crippen LogP contribution in [0.25, 0.3) is 0 Å². The molecule has 0 N–H and O–H groups in total. The zero-order chi connectivity index (χ0) is 9.84. The SMILES string of the molecule is CCOC(=O)N1CCC[C@H]1C(=O)[O-]. The van der Waals surface area contributed by atoms with Crippen molar-refractivity contribution in [2.45, 2.75) is 25.8 Å². The summed E-state index contributed by atoms with van der Waals surface area (Å²) in [6, 6.07) is -0.806. The van der Waals surface area contributed by atoms with E-state index in [-0.39, 0.29) is 6.61 Å². The van der Waals surface area contributed by atoms with Crippen molar-refractivity contribution in [1.29, 1.82) is 0 Å². The molecule has 5 heteroatoms. The number of nitrogens with zero attached hydrogens (tertiary/aromatic N) is 1. The van der Waals surface area contributed by atoms with Crippen LogP contribution < -0.4 is 5.11 Å². The minimum absolute atomic E-state index is 0.259. The number of likely N-dealkylation sites (tertiary alicyclic amines) is 1. The quantitative estimate of drug-likeness (QED) is 0.575. The molecule has 1 fully saturated rings. The van der Waals surface area contributed by atoms with E-state index in [9.17, 15) is 14.7 Å². The molecular formula is C8H12NO4-. The number of amides is 1. The number of hydrogen-bond donors (Lipinski definition) is 0. The minimum atomic E-state index is -1.20. The molecule has 1 heterocycles. The molecule has 0 aromatic carbocycles. The van der Waals surface area contributed by atoms with Gasteiger partial charge in [-0.15, -0.1) is 0 Å². The number of carbonyl (C=O) groups excluding carboxylic acids is 2. The third kappa shape index (κ3) is 2.11. The third-order valence-electron chi connectivity index (χ3n) is 2.03. The predicted molar refractivity (Wildman–Crippen MR) is 41.8 cm³/mol. The smallest absolute Gasteiger partial charge is 0.410 e. The number of carboxylic acids is 1. The standard InChI is InChI=1S/C8H13NO4/c1-2-13-8(12)9-5-3-4-6(9)7(10)11/h6H,2-5H2,1H3,(H,10,11)/p-1/t6-/m0/s1. The first-order chi connectivity index (χ1) is 6.16. The number of carbonyl (C=O) groups is 2. The van der Waals surface area contributed by atoms with Crippen LogP contribution in [0.1, 0.15) is 19.8 Å². The van der Waals surface area contributed by atoms with Gasteiger partial charge in [-0.1, -0.05) is 0 Å². The maximum atomic E-state index is 11.2. The van der Waals surface area contributed by atoms with E-state index in [2.05, 4.69) is 0 Å². The number of aliphatic carboxylic acids is 1. The van der Waals surface area contributed by atoms with E-state index in [0.29, 0.717) is 19.4 Å². The molecule has 1 aliphatic heterocycles. The van der Waals surface area contributed by atoms with Crippen LogP contribution in [0.2, 0.25) is 0 Å². The second-order valence-electron chi connectivity index (χ2n) is 2.87. The van der Waals surface area contributed by atoms with E-state index < -0.39 is 18.1 Å². The molecular weight excluding hydrogens is 174 g/mol. The molecule has 0 unspecified atom stereocenters. The van der Waals surface area contributed by atoms with Crippen LogP contribution in [-0.2, 0) is 9.53 Å². The molecule has 74 valence electrons. The van der Waals surface area contributed by atoms with Crippen molar-refractivity contribution >= 4 is 12.1 Å². The van der Waals surface area contributed by atoms with Crippen LogP contribution in [0.5, 0.6) is 0 Å². The van der Waals surface area contributed by atoms with Crippen LogP contribution in [0, 0.1) is 0 Å². The van der Waals surface area contributed by atoms with Gasteiger partial charge < -0.3 is 14.6 Å². The molecule has 0 saturated carbocycles. The summed E-state index contributed by atoms with van der Waals surface area (Å²) in [6.07, 6.45) is 0.590. The predicted octanol–water partition coefficient (Wildman–Crippen LogP) is -0.643. The van der Waals surface area contributed by atoms with Gasteiger partial charge in [0.25, 0.3) is 0 Å². The van der Waals surface area contributed by atoms with E-state index in [1.807, 2.05) is 0 Å². The van der Waals surface area contributed by atoms with Crippen LogP contribution >= 0.6 is 0 Å². The third-order valence-corrected chi connectivity index (χ3v) is 2.03. The molecule has 1 atom stereocenters. The van der Waals surface area contributed by atoms with E-state index in [1.54, 1.807) is 6.92 Å². The van der Waals surface area contributed by atoms with Crippen LogP contribution in [0.15, 0.2) is 0 Å². The zero-order valence-corrected chi connectivity index (χ0v) is 7.49. The maximum Gasteiger partial charge on any atom is 0.410 e. The summed E-state index contributed by atoms with van der Waals surface area (Å²) in [5, 5.41) is 10.6. The molecule has 0 spiro atoms. The normalized spacial score (nSPS) is 21.6. The first kappa shape index (κ1) is 9.83. The molecule has 1 saturated heterocycles.